The molecule has 108 valence electrons. The Bertz CT molecular complexity index is 765. The molecule has 2 aromatic heterocycles. The molecule has 3 aromatic rings. The zero-order chi connectivity index (χ0) is 14.7. The van der Waals surface area contributed by atoms with Crippen molar-refractivity contribution >= 4 is 27.5 Å². The average molecular weight is 302 g/mol. The fourth-order valence-electron chi connectivity index (χ4n) is 1.98. The van der Waals surface area contributed by atoms with E-state index in [1.54, 1.807) is 18.5 Å². The van der Waals surface area contributed by atoms with Gasteiger partial charge in [0.2, 0.25) is 5.89 Å². The Morgan fingerprint density at radius 2 is 2.33 bits per heavy atom. The van der Waals surface area contributed by atoms with Crippen LogP contribution in [0.25, 0.3) is 10.2 Å². The molecule has 0 aliphatic carbocycles. The predicted molar refractivity (Wildman–Crippen MR) is 79.3 cm³/mol. The molecule has 0 saturated heterocycles. The summed E-state index contributed by atoms with van der Waals surface area (Å²) < 4.78 is 6.03. The summed E-state index contributed by atoms with van der Waals surface area (Å²) in [6.07, 6.45) is 1.42. The Morgan fingerprint density at radius 3 is 3.14 bits per heavy atom. The lowest BCUT2D eigenvalue weighted by atomic mass is 10.2. The van der Waals surface area contributed by atoms with E-state index >= 15 is 0 Å². The van der Waals surface area contributed by atoms with Crippen molar-refractivity contribution in [2.24, 2.45) is 0 Å². The standard InChI is InChI=1S/C14H14N4O2S/c1-9-17-13(20-18-9)3-2-6-15-14(19)10-4-5-11-12(7-10)21-8-16-11/h4-5,7-8H,2-3,6H2,1H3,(H,15,19). The van der Waals surface area contributed by atoms with Crippen LogP contribution in [0.4, 0.5) is 0 Å². The van der Waals surface area contributed by atoms with E-state index in [1.165, 1.54) is 11.3 Å². The average Bonchev–Trinajstić information content (AvgIpc) is 3.11. The number of carbonyl (C=O) groups is 1. The molecular formula is C14H14N4O2S. The fourth-order valence-corrected chi connectivity index (χ4v) is 2.70. The lowest BCUT2D eigenvalue weighted by Gasteiger charge is -2.04. The zero-order valence-electron chi connectivity index (χ0n) is 11.5. The van der Waals surface area contributed by atoms with Gasteiger partial charge in [0.1, 0.15) is 0 Å². The Morgan fingerprint density at radius 1 is 1.43 bits per heavy atom. The van der Waals surface area contributed by atoms with Crippen molar-refractivity contribution in [2.75, 3.05) is 6.54 Å². The smallest absolute Gasteiger partial charge is 0.251 e. The summed E-state index contributed by atoms with van der Waals surface area (Å²) in [4.78, 5) is 20.4. The quantitative estimate of drug-likeness (QED) is 0.732. The maximum absolute atomic E-state index is 12.0. The van der Waals surface area contributed by atoms with Gasteiger partial charge in [-0.1, -0.05) is 5.16 Å². The van der Waals surface area contributed by atoms with Crippen molar-refractivity contribution in [3.8, 4) is 0 Å². The van der Waals surface area contributed by atoms with Gasteiger partial charge in [-0.05, 0) is 31.5 Å². The lowest BCUT2D eigenvalue weighted by Crippen LogP contribution is -2.24. The Balaban J connectivity index is 1.51. The number of aryl methyl sites for hydroxylation is 2. The van der Waals surface area contributed by atoms with Crippen LogP contribution >= 0.6 is 11.3 Å². The van der Waals surface area contributed by atoms with Crippen LogP contribution in [0.1, 0.15) is 28.5 Å². The van der Waals surface area contributed by atoms with Crippen molar-refractivity contribution in [3.05, 3.63) is 41.0 Å². The first kappa shape index (κ1) is 13.7. The number of aromatic nitrogens is 3. The number of thiazole rings is 1. The first-order valence-electron chi connectivity index (χ1n) is 6.63. The van der Waals surface area contributed by atoms with Gasteiger partial charge in [-0.25, -0.2) is 4.98 Å². The molecule has 0 aliphatic rings. The first-order chi connectivity index (χ1) is 10.2. The molecule has 0 saturated carbocycles. The highest BCUT2D eigenvalue weighted by Gasteiger charge is 2.07. The lowest BCUT2D eigenvalue weighted by molar-refractivity contribution is 0.0953. The number of fused-ring (bicyclic) bond motifs is 1. The van der Waals surface area contributed by atoms with Crippen LogP contribution in [0.3, 0.4) is 0 Å². The van der Waals surface area contributed by atoms with Gasteiger partial charge in [0.25, 0.3) is 5.91 Å². The highest BCUT2D eigenvalue weighted by Crippen LogP contribution is 2.18. The molecule has 2 heterocycles. The van der Waals surface area contributed by atoms with E-state index in [2.05, 4.69) is 20.4 Å². The minimum atomic E-state index is -0.0768. The number of carbonyl (C=O) groups excluding carboxylic acids is 1. The topological polar surface area (TPSA) is 80.9 Å². The second-order valence-electron chi connectivity index (χ2n) is 4.63. The zero-order valence-corrected chi connectivity index (χ0v) is 12.3. The van der Waals surface area contributed by atoms with Gasteiger partial charge in [-0.3, -0.25) is 4.79 Å². The van der Waals surface area contributed by atoms with Gasteiger partial charge in [0.05, 0.1) is 15.7 Å². The van der Waals surface area contributed by atoms with E-state index < -0.39 is 0 Å². The molecule has 0 spiro atoms. The summed E-state index contributed by atoms with van der Waals surface area (Å²) in [7, 11) is 0. The highest BCUT2D eigenvalue weighted by atomic mass is 32.1. The molecule has 6 nitrogen and oxygen atoms in total. The molecule has 0 bridgehead atoms. The molecular weight excluding hydrogens is 288 g/mol. The van der Waals surface area contributed by atoms with E-state index in [0.717, 1.165) is 16.6 Å². The number of nitrogens with one attached hydrogen (secondary N) is 1. The maximum atomic E-state index is 12.0. The SMILES string of the molecule is Cc1noc(CCCNC(=O)c2ccc3ncsc3c2)n1. The van der Waals surface area contributed by atoms with E-state index in [1.807, 2.05) is 12.1 Å². The minimum Gasteiger partial charge on any atom is -0.352 e. The Labute approximate surface area is 125 Å². The van der Waals surface area contributed by atoms with Crippen LogP contribution < -0.4 is 5.32 Å². The van der Waals surface area contributed by atoms with Gasteiger partial charge in [-0.15, -0.1) is 11.3 Å². The molecule has 7 heteroatoms. The van der Waals surface area contributed by atoms with Crippen molar-refractivity contribution < 1.29 is 9.32 Å². The van der Waals surface area contributed by atoms with Crippen molar-refractivity contribution in [3.63, 3.8) is 0 Å². The minimum absolute atomic E-state index is 0.0768. The van der Waals surface area contributed by atoms with E-state index in [-0.39, 0.29) is 5.91 Å². The van der Waals surface area contributed by atoms with Gasteiger partial charge in [0.15, 0.2) is 5.82 Å². The van der Waals surface area contributed by atoms with Gasteiger partial charge in [-0.2, -0.15) is 4.98 Å². The molecule has 21 heavy (non-hydrogen) atoms. The van der Waals surface area contributed by atoms with E-state index in [4.69, 9.17) is 4.52 Å². The summed E-state index contributed by atoms with van der Waals surface area (Å²) in [6, 6.07) is 5.52. The third kappa shape index (κ3) is 3.25. The maximum Gasteiger partial charge on any atom is 0.251 e. The number of nitrogens with zero attached hydrogens (tertiary/aromatic N) is 3. The van der Waals surface area contributed by atoms with E-state index in [0.29, 0.717) is 30.2 Å². The molecule has 0 radical (unpaired) electrons. The third-order valence-corrected chi connectivity index (χ3v) is 3.81. The summed E-state index contributed by atoms with van der Waals surface area (Å²) >= 11 is 1.53. The molecule has 0 unspecified atom stereocenters. The van der Waals surface area contributed by atoms with Gasteiger partial charge < -0.3 is 9.84 Å². The fraction of sp³-hybridized carbons (Fsp3) is 0.286. The van der Waals surface area contributed by atoms with E-state index in [9.17, 15) is 4.79 Å². The first-order valence-corrected chi connectivity index (χ1v) is 7.51. The van der Waals surface area contributed by atoms with Gasteiger partial charge >= 0.3 is 0 Å². The highest BCUT2D eigenvalue weighted by molar-refractivity contribution is 7.16. The number of rotatable bonds is 5. The largest absolute Gasteiger partial charge is 0.352 e. The third-order valence-electron chi connectivity index (χ3n) is 3.02. The molecule has 3 rings (SSSR count). The van der Waals surface area contributed by atoms with Crippen LogP contribution in [-0.4, -0.2) is 27.6 Å². The number of benzene rings is 1. The second kappa shape index (κ2) is 6.01. The molecule has 0 fully saturated rings. The summed E-state index contributed by atoms with van der Waals surface area (Å²) in [5, 5.41) is 6.61. The van der Waals surface area contributed by atoms with Crippen LogP contribution in [0.5, 0.6) is 0 Å². The van der Waals surface area contributed by atoms with Crippen molar-refractivity contribution in [1.29, 1.82) is 0 Å². The molecule has 1 amide bonds. The molecule has 1 aromatic carbocycles. The van der Waals surface area contributed by atoms with Crippen LogP contribution in [0.2, 0.25) is 0 Å². The van der Waals surface area contributed by atoms with Crippen molar-refractivity contribution in [1.82, 2.24) is 20.4 Å². The van der Waals surface area contributed by atoms with Crippen LogP contribution in [0.15, 0.2) is 28.2 Å². The molecule has 0 aliphatic heterocycles. The molecule has 1 N–H and O–H groups in total. The van der Waals surface area contributed by atoms with Crippen LogP contribution in [-0.2, 0) is 6.42 Å². The van der Waals surface area contributed by atoms with Gasteiger partial charge in [0, 0.05) is 18.5 Å². The number of hydrogen-bond donors (Lipinski definition) is 1. The summed E-state index contributed by atoms with van der Waals surface area (Å²) in [5.74, 6) is 1.16. The van der Waals surface area contributed by atoms with Crippen LogP contribution in [0, 0.1) is 6.92 Å². The normalized spacial score (nSPS) is 10.9. The monoisotopic (exact) mass is 302 g/mol. The predicted octanol–water partition coefficient (Wildman–Crippen LogP) is 2.35. The summed E-state index contributed by atoms with van der Waals surface area (Å²) in [6.45, 7) is 2.35. The number of hydrogen-bond acceptors (Lipinski definition) is 6. The Hall–Kier alpha value is -2.28. The second-order valence-corrected chi connectivity index (χ2v) is 5.52. The Kier molecular flexibility index (Phi) is 3.92. The summed E-state index contributed by atoms with van der Waals surface area (Å²) in [5.41, 5.74) is 3.35. The molecule has 0 atom stereocenters. The van der Waals surface area contributed by atoms with Crippen molar-refractivity contribution in [2.45, 2.75) is 19.8 Å². The number of amides is 1.